The molecular formula is C14H18O4. The molecule has 98 valence electrons. The molecule has 0 amide bonds. The van der Waals surface area contributed by atoms with Crippen LogP contribution in [0.15, 0.2) is 24.3 Å². The second kappa shape index (κ2) is 5.40. The maximum absolute atomic E-state index is 11.5. The van der Waals surface area contributed by atoms with E-state index < -0.39 is 11.4 Å². The van der Waals surface area contributed by atoms with Crippen LogP contribution in [0.25, 0.3) is 0 Å². The Kier molecular flexibility index (Phi) is 3.87. The summed E-state index contributed by atoms with van der Waals surface area (Å²) in [7, 11) is 1.61. The number of carboxylic acids is 1. The lowest BCUT2D eigenvalue weighted by molar-refractivity contribution is -0.157. The maximum Gasteiger partial charge on any atom is 0.312 e. The number of ether oxygens (including phenoxy) is 2. The van der Waals surface area contributed by atoms with Crippen LogP contribution in [-0.4, -0.2) is 31.4 Å². The molecule has 4 heteroatoms. The largest absolute Gasteiger partial charge is 0.497 e. The summed E-state index contributed by atoms with van der Waals surface area (Å²) in [5.41, 5.74) is 0.232. The van der Waals surface area contributed by atoms with Gasteiger partial charge < -0.3 is 14.6 Å². The number of carboxylic acid groups (broad SMARTS) is 1. The van der Waals surface area contributed by atoms with Crippen LogP contribution < -0.4 is 4.74 Å². The highest BCUT2D eigenvalue weighted by atomic mass is 16.5. The van der Waals surface area contributed by atoms with Crippen LogP contribution in [0.1, 0.15) is 18.4 Å². The summed E-state index contributed by atoms with van der Waals surface area (Å²) in [6, 6.07) is 7.54. The van der Waals surface area contributed by atoms with E-state index >= 15 is 0 Å². The maximum atomic E-state index is 11.5. The van der Waals surface area contributed by atoms with Crippen LogP contribution in [0.5, 0.6) is 5.75 Å². The third-order valence-electron chi connectivity index (χ3n) is 3.48. The van der Waals surface area contributed by atoms with Gasteiger partial charge in [0.2, 0.25) is 0 Å². The second-order valence-corrected chi connectivity index (χ2v) is 4.77. The number of aliphatic carboxylic acids is 1. The molecule has 4 nitrogen and oxygen atoms in total. The van der Waals surface area contributed by atoms with Crippen molar-refractivity contribution in [3.63, 3.8) is 0 Å². The molecule has 1 fully saturated rings. The molecule has 2 rings (SSSR count). The molecule has 1 saturated heterocycles. The molecule has 1 atom stereocenters. The minimum absolute atomic E-state index is 0.300. The molecular weight excluding hydrogens is 232 g/mol. The SMILES string of the molecule is COc1ccc(CC2(C(=O)O)CCCOC2)cc1. The number of benzene rings is 1. The summed E-state index contributed by atoms with van der Waals surface area (Å²) in [5.74, 6) is 0.0148. The predicted octanol–water partition coefficient (Wildman–Crippen LogP) is 2.12. The fourth-order valence-electron chi connectivity index (χ4n) is 2.37. The zero-order valence-corrected chi connectivity index (χ0v) is 10.5. The van der Waals surface area contributed by atoms with Crippen LogP contribution in [0.4, 0.5) is 0 Å². The van der Waals surface area contributed by atoms with Crippen molar-refractivity contribution >= 4 is 5.97 Å². The molecule has 0 radical (unpaired) electrons. The first-order valence-electron chi connectivity index (χ1n) is 6.10. The van der Waals surface area contributed by atoms with Crippen LogP contribution in [0.2, 0.25) is 0 Å². The van der Waals surface area contributed by atoms with Crippen molar-refractivity contribution in [2.75, 3.05) is 20.3 Å². The van der Waals surface area contributed by atoms with E-state index in [1.807, 2.05) is 24.3 Å². The number of carbonyl (C=O) groups is 1. The van der Waals surface area contributed by atoms with Gasteiger partial charge in [-0.05, 0) is 37.0 Å². The molecule has 0 saturated carbocycles. The van der Waals surface area contributed by atoms with E-state index in [1.165, 1.54) is 0 Å². The zero-order chi connectivity index (χ0) is 13.0. The summed E-state index contributed by atoms with van der Waals surface area (Å²) >= 11 is 0. The molecule has 18 heavy (non-hydrogen) atoms. The van der Waals surface area contributed by atoms with E-state index in [1.54, 1.807) is 7.11 Å². The molecule has 1 unspecified atom stereocenters. The Morgan fingerprint density at radius 2 is 2.17 bits per heavy atom. The van der Waals surface area contributed by atoms with E-state index in [0.29, 0.717) is 26.1 Å². The molecule has 1 N–H and O–H groups in total. The second-order valence-electron chi connectivity index (χ2n) is 4.77. The van der Waals surface area contributed by atoms with Gasteiger partial charge in [-0.3, -0.25) is 4.79 Å². The van der Waals surface area contributed by atoms with Gasteiger partial charge in [0.1, 0.15) is 5.75 Å². The molecule has 0 aromatic heterocycles. The first kappa shape index (κ1) is 12.9. The molecule has 0 bridgehead atoms. The summed E-state index contributed by atoms with van der Waals surface area (Å²) in [6.07, 6.45) is 1.99. The number of methoxy groups -OCH3 is 1. The molecule has 1 aromatic carbocycles. The van der Waals surface area contributed by atoms with Gasteiger partial charge in [-0.15, -0.1) is 0 Å². The third kappa shape index (κ3) is 2.64. The van der Waals surface area contributed by atoms with Gasteiger partial charge in [0, 0.05) is 6.61 Å². The summed E-state index contributed by atoms with van der Waals surface area (Å²) < 4.78 is 10.4. The van der Waals surface area contributed by atoms with Gasteiger partial charge in [-0.1, -0.05) is 12.1 Å². The average molecular weight is 250 g/mol. The van der Waals surface area contributed by atoms with E-state index in [-0.39, 0.29) is 0 Å². The monoisotopic (exact) mass is 250 g/mol. The van der Waals surface area contributed by atoms with E-state index in [2.05, 4.69) is 0 Å². The van der Waals surface area contributed by atoms with Gasteiger partial charge in [0.05, 0.1) is 19.1 Å². The lowest BCUT2D eigenvalue weighted by atomic mass is 9.77. The van der Waals surface area contributed by atoms with E-state index in [4.69, 9.17) is 9.47 Å². The van der Waals surface area contributed by atoms with Crippen molar-refractivity contribution < 1.29 is 19.4 Å². The Hall–Kier alpha value is -1.55. The first-order valence-corrected chi connectivity index (χ1v) is 6.10. The van der Waals surface area contributed by atoms with Crippen LogP contribution in [0.3, 0.4) is 0 Å². The highest BCUT2D eigenvalue weighted by molar-refractivity contribution is 5.75. The van der Waals surface area contributed by atoms with Crippen molar-refractivity contribution in [3.8, 4) is 5.75 Å². The highest BCUT2D eigenvalue weighted by Crippen LogP contribution is 2.33. The highest BCUT2D eigenvalue weighted by Gasteiger charge is 2.40. The third-order valence-corrected chi connectivity index (χ3v) is 3.48. The van der Waals surface area contributed by atoms with Crippen LogP contribution in [0, 0.1) is 5.41 Å². The first-order chi connectivity index (χ1) is 8.66. The van der Waals surface area contributed by atoms with Crippen molar-refractivity contribution in [1.29, 1.82) is 0 Å². The van der Waals surface area contributed by atoms with Crippen molar-refractivity contribution in [2.24, 2.45) is 5.41 Å². The number of hydrogen-bond acceptors (Lipinski definition) is 3. The van der Waals surface area contributed by atoms with Crippen molar-refractivity contribution in [1.82, 2.24) is 0 Å². The average Bonchev–Trinajstić information content (AvgIpc) is 2.40. The Morgan fingerprint density at radius 1 is 1.44 bits per heavy atom. The normalized spacial score (nSPS) is 23.6. The van der Waals surface area contributed by atoms with Crippen LogP contribution in [-0.2, 0) is 16.0 Å². The smallest absolute Gasteiger partial charge is 0.312 e. The van der Waals surface area contributed by atoms with E-state index in [0.717, 1.165) is 17.7 Å². The predicted molar refractivity (Wildman–Crippen MR) is 66.8 cm³/mol. The van der Waals surface area contributed by atoms with Crippen molar-refractivity contribution in [2.45, 2.75) is 19.3 Å². The van der Waals surface area contributed by atoms with Gasteiger partial charge >= 0.3 is 5.97 Å². The standard InChI is InChI=1S/C14H18O4/c1-17-12-5-3-11(4-6-12)9-14(13(15)16)7-2-8-18-10-14/h3-6H,2,7-10H2,1H3,(H,15,16). The zero-order valence-electron chi connectivity index (χ0n) is 10.5. The molecule has 1 aliphatic heterocycles. The Labute approximate surface area is 107 Å². The fraction of sp³-hybridized carbons (Fsp3) is 0.500. The number of rotatable bonds is 4. The quantitative estimate of drug-likeness (QED) is 0.889. The Balaban J connectivity index is 2.15. The van der Waals surface area contributed by atoms with Gasteiger partial charge in [0.15, 0.2) is 0 Å². The topological polar surface area (TPSA) is 55.8 Å². The molecule has 0 aliphatic carbocycles. The summed E-state index contributed by atoms with van der Waals surface area (Å²) in [5, 5.41) is 9.45. The molecule has 0 spiro atoms. The fourth-order valence-corrected chi connectivity index (χ4v) is 2.37. The molecule has 1 heterocycles. The lowest BCUT2D eigenvalue weighted by Crippen LogP contribution is -2.41. The minimum atomic E-state index is -0.771. The van der Waals surface area contributed by atoms with Crippen LogP contribution >= 0.6 is 0 Å². The Morgan fingerprint density at radius 3 is 2.67 bits per heavy atom. The summed E-state index contributed by atoms with van der Waals surface area (Å²) in [4.78, 5) is 11.5. The molecule has 1 aliphatic rings. The van der Waals surface area contributed by atoms with Gasteiger partial charge in [-0.2, -0.15) is 0 Å². The van der Waals surface area contributed by atoms with Gasteiger partial charge in [0.25, 0.3) is 0 Å². The van der Waals surface area contributed by atoms with E-state index in [9.17, 15) is 9.90 Å². The van der Waals surface area contributed by atoms with Crippen molar-refractivity contribution in [3.05, 3.63) is 29.8 Å². The lowest BCUT2D eigenvalue weighted by Gasteiger charge is -2.33. The summed E-state index contributed by atoms with van der Waals surface area (Å²) in [6.45, 7) is 0.964. The Bertz CT molecular complexity index is 404. The number of hydrogen-bond donors (Lipinski definition) is 1. The molecule has 1 aromatic rings. The minimum Gasteiger partial charge on any atom is -0.497 e. The van der Waals surface area contributed by atoms with Gasteiger partial charge in [-0.25, -0.2) is 0 Å².